The van der Waals surface area contributed by atoms with Crippen LogP contribution in [0.25, 0.3) is 49.3 Å². The highest BCUT2D eigenvalue weighted by molar-refractivity contribution is 6.08. The molecule has 4 heterocycles. The van der Waals surface area contributed by atoms with Gasteiger partial charge >= 0.3 is 0 Å². The van der Waals surface area contributed by atoms with Crippen LogP contribution in [0.1, 0.15) is 0 Å². The molecule has 0 N–H and O–H groups in total. The smallest absolute Gasteiger partial charge is 0.212 e. The van der Waals surface area contributed by atoms with E-state index in [2.05, 4.69) is 99.8 Å². The van der Waals surface area contributed by atoms with Gasteiger partial charge in [-0.15, -0.1) is 0 Å². The van der Waals surface area contributed by atoms with Crippen LogP contribution in [0.4, 0.5) is 0 Å². The first-order valence-corrected chi connectivity index (χ1v) is 9.43. The van der Waals surface area contributed by atoms with Crippen LogP contribution < -0.4 is 4.57 Å². The van der Waals surface area contributed by atoms with Gasteiger partial charge in [0.05, 0.1) is 11.0 Å². The minimum Gasteiger partial charge on any atom is -0.343 e. The fraction of sp³-hybridized carbons (Fsp3) is 0.0833. The summed E-state index contributed by atoms with van der Waals surface area (Å²) in [4.78, 5) is 4.30. The minimum atomic E-state index is 1.15. The molecule has 0 aliphatic carbocycles. The summed E-state index contributed by atoms with van der Waals surface area (Å²) in [6, 6.07) is 19.5. The number of rotatable bonds is 1. The van der Waals surface area contributed by atoms with Gasteiger partial charge in [0.15, 0.2) is 12.4 Å². The molecule has 6 aromatic rings. The zero-order valence-corrected chi connectivity index (χ0v) is 15.8. The molecule has 0 spiro atoms. The fourth-order valence-electron chi connectivity index (χ4n) is 4.47. The topological polar surface area (TPSA) is 26.6 Å². The second kappa shape index (κ2) is 5.42. The fourth-order valence-corrected chi connectivity index (χ4v) is 4.47. The molecule has 4 aromatic heterocycles. The van der Waals surface area contributed by atoms with Crippen molar-refractivity contribution in [3.63, 3.8) is 0 Å². The Hall–Kier alpha value is -3.66. The van der Waals surface area contributed by atoms with Gasteiger partial charge in [0.2, 0.25) is 5.69 Å². The maximum atomic E-state index is 4.30. The highest BCUT2D eigenvalue weighted by Crippen LogP contribution is 2.29. The molecule has 0 unspecified atom stereocenters. The lowest BCUT2D eigenvalue weighted by Crippen LogP contribution is -2.29. The Morgan fingerprint density at radius 2 is 1.46 bits per heavy atom. The van der Waals surface area contributed by atoms with E-state index in [4.69, 9.17) is 0 Å². The Balaban J connectivity index is 1.61. The van der Waals surface area contributed by atoms with E-state index in [1.807, 2.05) is 12.4 Å². The van der Waals surface area contributed by atoms with Gasteiger partial charge in [0, 0.05) is 71.7 Å². The van der Waals surface area contributed by atoms with Crippen LogP contribution in [-0.4, -0.2) is 14.1 Å². The molecule has 0 fully saturated rings. The minimum absolute atomic E-state index is 1.15. The molecule has 134 valence electrons. The average Bonchev–Trinajstić information content (AvgIpc) is 3.20. The number of aromatic nitrogens is 4. The normalized spacial score (nSPS) is 11.9. The van der Waals surface area contributed by atoms with E-state index >= 15 is 0 Å². The summed E-state index contributed by atoms with van der Waals surface area (Å²) in [7, 11) is 4.25. The third-order valence-corrected chi connectivity index (χ3v) is 5.95. The van der Waals surface area contributed by atoms with E-state index in [-0.39, 0.29) is 0 Å². The van der Waals surface area contributed by atoms with Gasteiger partial charge in [0.1, 0.15) is 5.52 Å². The van der Waals surface area contributed by atoms with Crippen LogP contribution in [0.15, 0.2) is 79.4 Å². The van der Waals surface area contributed by atoms with Gasteiger partial charge < -0.3 is 9.13 Å². The SMILES string of the molecule is Cn1c2ccncc2c2ccc(-[n+]3ccc4c5ccccc5n(C)c4c3)cc21. The van der Waals surface area contributed by atoms with Crippen molar-refractivity contribution in [3.8, 4) is 5.69 Å². The molecule has 0 aliphatic heterocycles. The van der Waals surface area contributed by atoms with Gasteiger partial charge in [-0.05, 0) is 18.2 Å². The predicted molar refractivity (Wildman–Crippen MR) is 114 cm³/mol. The van der Waals surface area contributed by atoms with Crippen LogP contribution >= 0.6 is 0 Å². The molecule has 4 nitrogen and oxygen atoms in total. The molecule has 28 heavy (non-hydrogen) atoms. The maximum Gasteiger partial charge on any atom is 0.212 e. The van der Waals surface area contributed by atoms with E-state index in [0.717, 1.165) is 5.69 Å². The summed E-state index contributed by atoms with van der Waals surface area (Å²) in [5.41, 5.74) is 6.05. The van der Waals surface area contributed by atoms with Gasteiger partial charge in [-0.1, -0.05) is 18.2 Å². The number of nitrogens with zero attached hydrogens (tertiary/aromatic N) is 4. The number of para-hydroxylation sites is 1. The number of aryl methyl sites for hydroxylation is 2. The zero-order chi connectivity index (χ0) is 18.8. The maximum absolute atomic E-state index is 4.30. The second-order valence-electron chi connectivity index (χ2n) is 7.38. The van der Waals surface area contributed by atoms with E-state index in [1.165, 1.54) is 43.6 Å². The van der Waals surface area contributed by atoms with Crippen LogP contribution in [0.5, 0.6) is 0 Å². The van der Waals surface area contributed by atoms with Crippen molar-refractivity contribution in [2.75, 3.05) is 0 Å². The number of hydrogen-bond donors (Lipinski definition) is 0. The van der Waals surface area contributed by atoms with Crippen molar-refractivity contribution in [1.82, 2.24) is 14.1 Å². The first-order chi connectivity index (χ1) is 13.7. The van der Waals surface area contributed by atoms with Crippen molar-refractivity contribution in [1.29, 1.82) is 0 Å². The first-order valence-electron chi connectivity index (χ1n) is 9.43. The lowest BCUT2D eigenvalue weighted by Gasteiger charge is -2.01. The van der Waals surface area contributed by atoms with Gasteiger partial charge in [-0.25, -0.2) is 0 Å². The average molecular weight is 363 g/mol. The third-order valence-electron chi connectivity index (χ3n) is 5.95. The molecule has 0 amide bonds. The Labute approximate surface area is 161 Å². The third kappa shape index (κ3) is 1.94. The van der Waals surface area contributed by atoms with Crippen molar-refractivity contribution in [2.24, 2.45) is 14.1 Å². The lowest BCUT2D eigenvalue weighted by molar-refractivity contribution is -0.594. The van der Waals surface area contributed by atoms with Crippen LogP contribution in [0.3, 0.4) is 0 Å². The van der Waals surface area contributed by atoms with Crippen LogP contribution in [-0.2, 0) is 14.1 Å². The Bertz CT molecular complexity index is 1420. The number of fused-ring (bicyclic) bond motifs is 6. The quantitative estimate of drug-likeness (QED) is 0.391. The zero-order valence-electron chi connectivity index (χ0n) is 15.8. The Morgan fingerprint density at radius 1 is 0.714 bits per heavy atom. The summed E-state index contributed by atoms with van der Waals surface area (Å²) >= 11 is 0. The molecule has 2 aromatic carbocycles. The van der Waals surface area contributed by atoms with Crippen molar-refractivity contribution in [2.45, 2.75) is 0 Å². The first kappa shape index (κ1) is 15.4. The molecule has 4 heteroatoms. The summed E-state index contributed by atoms with van der Waals surface area (Å²) < 4.78 is 6.71. The largest absolute Gasteiger partial charge is 0.343 e. The molecule has 0 saturated carbocycles. The van der Waals surface area contributed by atoms with Gasteiger partial charge in [0.25, 0.3) is 0 Å². The van der Waals surface area contributed by atoms with Crippen molar-refractivity contribution in [3.05, 3.63) is 79.4 Å². The molecule has 0 bridgehead atoms. The van der Waals surface area contributed by atoms with Crippen LogP contribution in [0, 0.1) is 0 Å². The second-order valence-corrected chi connectivity index (χ2v) is 7.38. The predicted octanol–water partition coefficient (Wildman–Crippen LogP) is 4.65. The van der Waals surface area contributed by atoms with Crippen molar-refractivity contribution < 1.29 is 4.57 Å². The molecule has 0 saturated heterocycles. The summed E-state index contributed by atoms with van der Waals surface area (Å²) in [6.07, 6.45) is 8.18. The standard InChI is InChI=1S/C24H19N4/c1-26-22-9-11-25-14-20(22)18-8-7-16(13-23(18)26)28-12-10-19-17-5-3-4-6-21(17)27(2)24(19)15-28/h3-15H,1-2H3/q+1. The lowest BCUT2D eigenvalue weighted by atomic mass is 10.1. The highest BCUT2D eigenvalue weighted by Gasteiger charge is 2.16. The highest BCUT2D eigenvalue weighted by atomic mass is 15.0. The number of hydrogen-bond acceptors (Lipinski definition) is 1. The van der Waals surface area contributed by atoms with E-state index in [1.54, 1.807) is 0 Å². The summed E-state index contributed by atoms with van der Waals surface area (Å²) in [5, 5.41) is 5.01. The van der Waals surface area contributed by atoms with Crippen LogP contribution in [0.2, 0.25) is 0 Å². The van der Waals surface area contributed by atoms with E-state index < -0.39 is 0 Å². The van der Waals surface area contributed by atoms with E-state index in [9.17, 15) is 0 Å². The Morgan fingerprint density at radius 3 is 2.39 bits per heavy atom. The molecule has 0 atom stereocenters. The number of pyridine rings is 2. The Kier molecular flexibility index (Phi) is 2.98. The monoisotopic (exact) mass is 363 g/mol. The summed E-state index contributed by atoms with van der Waals surface area (Å²) in [6.45, 7) is 0. The van der Waals surface area contributed by atoms with Gasteiger partial charge in [-0.2, -0.15) is 4.57 Å². The molecule has 0 aliphatic rings. The van der Waals surface area contributed by atoms with Gasteiger partial charge in [-0.3, -0.25) is 4.98 Å². The molecule has 6 rings (SSSR count). The van der Waals surface area contributed by atoms with E-state index in [0.29, 0.717) is 0 Å². The summed E-state index contributed by atoms with van der Waals surface area (Å²) in [5.74, 6) is 0. The molecular formula is C24H19N4+. The molecule has 0 radical (unpaired) electrons. The molecular weight excluding hydrogens is 344 g/mol. The van der Waals surface area contributed by atoms with Crippen molar-refractivity contribution >= 4 is 43.6 Å². The number of benzene rings is 2.